The average Bonchev–Trinajstić information content (AvgIpc) is 3.23. The molecule has 2 heterocycles. The first kappa shape index (κ1) is 22.5. The Morgan fingerprint density at radius 3 is 2.16 bits per heavy atom. The van der Waals surface area contributed by atoms with E-state index in [4.69, 9.17) is 18.6 Å². The fourth-order valence-electron chi connectivity index (χ4n) is 3.51. The van der Waals surface area contributed by atoms with Crippen LogP contribution in [0.5, 0.6) is 17.2 Å². The normalized spacial score (nSPS) is 14.3. The number of hydrogen-bond acceptors (Lipinski definition) is 7. The second-order valence-electron chi connectivity index (χ2n) is 7.29. The molecular formula is C22H29N3O6. The van der Waals surface area contributed by atoms with Gasteiger partial charge in [-0.2, -0.15) is 0 Å². The number of methoxy groups -OCH3 is 3. The molecule has 31 heavy (non-hydrogen) atoms. The highest BCUT2D eigenvalue weighted by molar-refractivity contribution is 5.91. The van der Waals surface area contributed by atoms with E-state index in [0.29, 0.717) is 61.5 Å². The van der Waals surface area contributed by atoms with Gasteiger partial charge in [0.25, 0.3) is 5.91 Å². The van der Waals surface area contributed by atoms with Gasteiger partial charge in [0.1, 0.15) is 5.76 Å². The van der Waals surface area contributed by atoms with Crippen molar-refractivity contribution < 1.29 is 28.2 Å². The van der Waals surface area contributed by atoms with Crippen LogP contribution in [0.2, 0.25) is 0 Å². The quantitative estimate of drug-likeness (QED) is 0.680. The highest BCUT2D eigenvalue weighted by Crippen LogP contribution is 2.38. The number of aryl methyl sites for hydroxylation is 1. The lowest BCUT2D eigenvalue weighted by Gasteiger charge is -2.33. The maximum absolute atomic E-state index is 12.5. The van der Waals surface area contributed by atoms with Crippen LogP contribution in [0.4, 0.5) is 0 Å². The number of benzene rings is 1. The number of hydrogen-bond donors (Lipinski definition) is 1. The highest BCUT2D eigenvalue weighted by atomic mass is 16.5. The second kappa shape index (κ2) is 10.2. The summed E-state index contributed by atoms with van der Waals surface area (Å²) >= 11 is 0. The van der Waals surface area contributed by atoms with Crippen LogP contribution in [-0.4, -0.2) is 75.7 Å². The lowest BCUT2D eigenvalue weighted by atomic mass is 10.1. The van der Waals surface area contributed by atoms with Gasteiger partial charge in [-0.05, 0) is 36.8 Å². The molecule has 0 spiro atoms. The topological polar surface area (TPSA) is 93.5 Å². The fourth-order valence-corrected chi connectivity index (χ4v) is 3.51. The first-order valence-corrected chi connectivity index (χ1v) is 10.1. The molecule has 0 radical (unpaired) electrons. The van der Waals surface area contributed by atoms with Crippen LogP contribution in [-0.2, 0) is 11.3 Å². The van der Waals surface area contributed by atoms with E-state index in [0.717, 1.165) is 5.56 Å². The van der Waals surface area contributed by atoms with Gasteiger partial charge < -0.3 is 28.8 Å². The zero-order valence-electron chi connectivity index (χ0n) is 18.4. The predicted molar refractivity (Wildman–Crippen MR) is 114 cm³/mol. The first-order chi connectivity index (χ1) is 14.9. The molecule has 1 aliphatic rings. The van der Waals surface area contributed by atoms with E-state index in [-0.39, 0.29) is 18.4 Å². The Balaban J connectivity index is 1.48. The molecule has 1 fully saturated rings. The van der Waals surface area contributed by atoms with Gasteiger partial charge in [0, 0.05) is 32.7 Å². The van der Waals surface area contributed by atoms with Gasteiger partial charge in [0.05, 0.1) is 27.9 Å². The Labute approximate surface area is 181 Å². The summed E-state index contributed by atoms with van der Waals surface area (Å²) in [7, 11) is 4.65. The van der Waals surface area contributed by atoms with Crippen molar-refractivity contribution in [3.05, 3.63) is 41.3 Å². The van der Waals surface area contributed by atoms with Gasteiger partial charge in [0.15, 0.2) is 17.3 Å². The molecule has 1 aromatic heterocycles. The maximum Gasteiger partial charge on any atom is 0.289 e. The summed E-state index contributed by atoms with van der Waals surface area (Å²) in [5.41, 5.74) is 0.840. The van der Waals surface area contributed by atoms with E-state index in [1.807, 2.05) is 24.0 Å². The van der Waals surface area contributed by atoms with Crippen molar-refractivity contribution in [1.82, 2.24) is 15.1 Å². The van der Waals surface area contributed by atoms with Crippen LogP contribution in [0.25, 0.3) is 0 Å². The summed E-state index contributed by atoms with van der Waals surface area (Å²) in [4.78, 5) is 28.7. The van der Waals surface area contributed by atoms with E-state index < -0.39 is 0 Å². The summed E-state index contributed by atoms with van der Waals surface area (Å²) in [6.07, 6.45) is 0. The summed E-state index contributed by atoms with van der Waals surface area (Å²) in [6.45, 7) is 4.78. The Morgan fingerprint density at radius 2 is 1.65 bits per heavy atom. The predicted octanol–water partition coefficient (Wildman–Crippen LogP) is 1.69. The first-order valence-electron chi connectivity index (χ1n) is 10.1. The van der Waals surface area contributed by atoms with Gasteiger partial charge in [-0.3, -0.25) is 14.5 Å². The summed E-state index contributed by atoms with van der Waals surface area (Å²) < 4.78 is 21.4. The van der Waals surface area contributed by atoms with Crippen molar-refractivity contribution in [2.24, 2.45) is 0 Å². The summed E-state index contributed by atoms with van der Waals surface area (Å²) in [6, 6.07) is 7.09. The van der Waals surface area contributed by atoms with Gasteiger partial charge >= 0.3 is 0 Å². The molecule has 3 rings (SSSR count). The molecule has 0 unspecified atom stereocenters. The smallest absolute Gasteiger partial charge is 0.289 e. The van der Waals surface area contributed by atoms with E-state index >= 15 is 0 Å². The molecule has 1 aromatic carbocycles. The molecule has 168 valence electrons. The zero-order chi connectivity index (χ0) is 22.4. The summed E-state index contributed by atoms with van der Waals surface area (Å²) in [5, 5.41) is 2.92. The van der Waals surface area contributed by atoms with Crippen LogP contribution < -0.4 is 19.5 Å². The molecule has 0 aliphatic carbocycles. The Morgan fingerprint density at radius 1 is 1.00 bits per heavy atom. The minimum Gasteiger partial charge on any atom is -0.493 e. The number of amides is 2. The Hall–Kier alpha value is -3.20. The lowest BCUT2D eigenvalue weighted by Crippen LogP contribution is -2.51. The Bertz CT molecular complexity index is 893. The van der Waals surface area contributed by atoms with E-state index in [1.165, 1.54) is 0 Å². The molecule has 0 saturated carbocycles. The van der Waals surface area contributed by atoms with E-state index in [2.05, 4.69) is 5.32 Å². The van der Waals surface area contributed by atoms with Gasteiger partial charge in [-0.15, -0.1) is 0 Å². The van der Waals surface area contributed by atoms with E-state index in [9.17, 15) is 9.59 Å². The fraction of sp³-hybridized carbons (Fsp3) is 0.455. The molecule has 9 heteroatoms. The van der Waals surface area contributed by atoms with Crippen LogP contribution in [0.15, 0.2) is 28.7 Å². The molecule has 1 saturated heterocycles. The number of nitrogens with one attached hydrogen (secondary N) is 1. The highest BCUT2D eigenvalue weighted by Gasteiger charge is 2.25. The van der Waals surface area contributed by atoms with Crippen molar-refractivity contribution in [3.63, 3.8) is 0 Å². The molecule has 0 bridgehead atoms. The van der Waals surface area contributed by atoms with Crippen molar-refractivity contribution in [1.29, 1.82) is 0 Å². The molecule has 2 amide bonds. The maximum atomic E-state index is 12.5. The molecule has 2 aromatic rings. The number of furan rings is 1. The second-order valence-corrected chi connectivity index (χ2v) is 7.29. The van der Waals surface area contributed by atoms with Crippen molar-refractivity contribution in [2.45, 2.75) is 13.5 Å². The zero-order valence-corrected chi connectivity index (χ0v) is 18.4. The van der Waals surface area contributed by atoms with Crippen LogP contribution >= 0.6 is 0 Å². The Kier molecular flexibility index (Phi) is 7.41. The molecular weight excluding hydrogens is 402 g/mol. The van der Waals surface area contributed by atoms with Crippen LogP contribution in [0.1, 0.15) is 21.9 Å². The third kappa shape index (κ3) is 5.49. The third-order valence-corrected chi connectivity index (χ3v) is 5.19. The van der Waals surface area contributed by atoms with Crippen molar-refractivity contribution in [3.8, 4) is 17.2 Å². The minimum absolute atomic E-state index is 0.0878. The molecule has 1 aliphatic heterocycles. The number of carbonyl (C=O) groups is 2. The number of carbonyl (C=O) groups excluding carboxylic acids is 2. The van der Waals surface area contributed by atoms with E-state index in [1.54, 1.807) is 38.4 Å². The number of rotatable bonds is 8. The van der Waals surface area contributed by atoms with Crippen molar-refractivity contribution in [2.75, 3.05) is 54.1 Å². The molecule has 1 N–H and O–H groups in total. The van der Waals surface area contributed by atoms with Crippen LogP contribution in [0.3, 0.4) is 0 Å². The largest absolute Gasteiger partial charge is 0.493 e. The summed E-state index contributed by atoms with van der Waals surface area (Å²) in [5.74, 6) is 2.46. The number of ether oxygens (including phenoxy) is 3. The monoisotopic (exact) mass is 431 g/mol. The number of piperazine rings is 1. The molecule has 0 atom stereocenters. The standard InChI is InChI=1S/C22H29N3O6/c1-15-5-6-17(31-15)22(27)25-9-7-24(8-10-25)14-20(26)23-13-16-11-18(28-2)21(30-4)19(12-16)29-3/h5-6,11-12H,7-10,13-14H2,1-4H3,(H,23,26). The lowest BCUT2D eigenvalue weighted by molar-refractivity contribution is -0.122. The van der Waals surface area contributed by atoms with Gasteiger partial charge in [-0.1, -0.05) is 0 Å². The SMILES string of the molecule is COc1cc(CNC(=O)CN2CCN(C(=O)c3ccc(C)o3)CC2)cc(OC)c1OC. The van der Waals surface area contributed by atoms with Crippen molar-refractivity contribution >= 4 is 11.8 Å². The van der Waals surface area contributed by atoms with Crippen LogP contribution in [0, 0.1) is 6.92 Å². The van der Waals surface area contributed by atoms with Gasteiger partial charge in [-0.25, -0.2) is 0 Å². The average molecular weight is 431 g/mol. The third-order valence-electron chi connectivity index (χ3n) is 5.19. The molecule has 9 nitrogen and oxygen atoms in total. The van der Waals surface area contributed by atoms with Gasteiger partial charge in [0.2, 0.25) is 11.7 Å². The number of nitrogens with zero attached hydrogens (tertiary/aromatic N) is 2. The minimum atomic E-state index is -0.111.